The maximum absolute atomic E-state index is 14.7. The van der Waals surface area contributed by atoms with Gasteiger partial charge < -0.3 is 4.74 Å². The predicted octanol–water partition coefficient (Wildman–Crippen LogP) is 3.60. The second-order valence-electron chi connectivity index (χ2n) is 6.20. The number of benzene rings is 3. The zero-order valence-electron chi connectivity index (χ0n) is 15.1. The van der Waals surface area contributed by atoms with E-state index < -0.39 is 91.3 Å². The molecular weight excluding hydrogens is 461 g/mol. The lowest BCUT2D eigenvalue weighted by molar-refractivity contribution is 0.411. The first-order valence-electron chi connectivity index (χ1n) is 8.18. The van der Waals surface area contributed by atoms with E-state index in [0.29, 0.717) is 6.07 Å². The van der Waals surface area contributed by atoms with Crippen molar-refractivity contribution in [2.45, 2.75) is 0 Å². The van der Waals surface area contributed by atoms with E-state index in [0.717, 1.165) is 7.11 Å². The molecule has 0 saturated heterocycles. The van der Waals surface area contributed by atoms with Crippen molar-refractivity contribution < 1.29 is 48.6 Å². The second kappa shape index (κ2) is 8.44. The van der Waals surface area contributed by atoms with Gasteiger partial charge in [0.25, 0.3) is 0 Å². The molecule has 0 N–H and O–H groups in total. The van der Waals surface area contributed by atoms with Crippen LogP contribution in [0.3, 0.4) is 0 Å². The lowest BCUT2D eigenvalue weighted by Gasteiger charge is -2.20. The molecule has 12 heteroatoms. The molecule has 0 saturated carbocycles. The van der Waals surface area contributed by atoms with E-state index in [1.165, 1.54) is 0 Å². The van der Waals surface area contributed by atoms with Gasteiger partial charge >= 0.3 is 14.1 Å². The zero-order valence-corrected chi connectivity index (χ0v) is 16.2. The third-order valence-electron chi connectivity index (χ3n) is 4.43. The van der Waals surface area contributed by atoms with Crippen LogP contribution in [0.1, 0.15) is 0 Å². The van der Waals surface area contributed by atoms with E-state index in [4.69, 9.17) is 4.74 Å². The molecule has 0 amide bonds. The summed E-state index contributed by atoms with van der Waals surface area (Å²) in [5.74, 6) is -20.6. The highest BCUT2D eigenvalue weighted by molar-refractivity contribution is 6.96. The maximum atomic E-state index is 14.7. The van der Waals surface area contributed by atoms with Crippen LogP contribution < -0.4 is 18.0 Å². The molecular formula is C19H7AlF10O. The van der Waals surface area contributed by atoms with Gasteiger partial charge in [-0.2, -0.15) is 0 Å². The van der Waals surface area contributed by atoms with Crippen molar-refractivity contribution in [1.29, 1.82) is 0 Å². The number of hydrogen-bond donors (Lipinski definition) is 0. The molecule has 0 atom stereocenters. The van der Waals surface area contributed by atoms with Crippen LogP contribution in [0, 0.1) is 58.2 Å². The van der Waals surface area contributed by atoms with E-state index >= 15 is 0 Å². The third-order valence-corrected chi connectivity index (χ3v) is 7.74. The minimum atomic E-state index is -4.82. The highest BCUT2D eigenvalue weighted by atomic mass is 27.2. The third kappa shape index (κ3) is 3.86. The molecule has 3 rings (SSSR count). The molecule has 0 aliphatic rings. The Balaban J connectivity index is 2.58. The van der Waals surface area contributed by atoms with Crippen molar-refractivity contribution in [3.8, 4) is 5.75 Å². The summed E-state index contributed by atoms with van der Waals surface area (Å²) in [7, 11) is 0.820. The molecule has 0 unspecified atom stereocenters. The van der Waals surface area contributed by atoms with Gasteiger partial charge in [0.2, 0.25) is 0 Å². The Bertz CT molecular complexity index is 1080. The normalized spacial score (nSPS) is 11.1. The fourth-order valence-corrected chi connectivity index (χ4v) is 6.41. The van der Waals surface area contributed by atoms with E-state index in [2.05, 4.69) is 0 Å². The average molecular weight is 468 g/mol. The van der Waals surface area contributed by atoms with Gasteiger partial charge in [-0.1, -0.05) is 0 Å². The molecule has 0 bridgehead atoms. The Morgan fingerprint density at radius 2 is 0.903 bits per heavy atom. The van der Waals surface area contributed by atoms with Crippen molar-refractivity contribution in [2.24, 2.45) is 0 Å². The van der Waals surface area contributed by atoms with E-state index in [1.807, 2.05) is 0 Å². The quantitative estimate of drug-likeness (QED) is 0.323. The number of rotatable bonds is 4. The lowest BCUT2D eigenvalue weighted by atomic mass is 10.3. The second-order valence-corrected chi connectivity index (χ2v) is 8.80. The van der Waals surface area contributed by atoms with Crippen molar-refractivity contribution in [3.63, 3.8) is 0 Å². The lowest BCUT2D eigenvalue weighted by Crippen LogP contribution is -2.59. The molecule has 3 aromatic rings. The van der Waals surface area contributed by atoms with E-state index in [-0.39, 0.29) is 18.2 Å². The van der Waals surface area contributed by atoms with Crippen LogP contribution in [0.25, 0.3) is 0 Å². The van der Waals surface area contributed by atoms with Gasteiger partial charge in [0, 0.05) is 24.3 Å². The van der Waals surface area contributed by atoms with Crippen LogP contribution in [0.4, 0.5) is 43.9 Å². The maximum Gasteiger partial charge on any atom is 0.413 e. The van der Waals surface area contributed by atoms with Gasteiger partial charge in [-0.15, -0.1) is 0 Å². The van der Waals surface area contributed by atoms with Crippen LogP contribution in [0.15, 0.2) is 24.3 Å². The van der Waals surface area contributed by atoms with E-state index in [1.54, 1.807) is 0 Å². The highest BCUT2D eigenvalue weighted by Gasteiger charge is 2.43. The average Bonchev–Trinajstić information content (AvgIpc) is 2.69. The molecule has 3 aromatic carbocycles. The Hall–Kier alpha value is -2.71. The molecule has 0 aliphatic heterocycles. The Kier molecular flexibility index (Phi) is 6.25. The number of methoxy groups -OCH3 is 1. The molecule has 0 aromatic heterocycles. The first-order chi connectivity index (χ1) is 14.5. The first-order valence-corrected chi connectivity index (χ1v) is 9.91. The van der Waals surface area contributed by atoms with Crippen LogP contribution in [0.2, 0.25) is 0 Å². The molecule has 0 spiro atoms. The fourth-order valence-electron chi connectivity index (χ4n) is 3.13. The van der Waals surface area contributed by atoms with E-state index in [9.17, 15) is 43.9 Å². The van der Waals surface area contributed by atoms with Crippen LogP contribution in [-0.4, -0.2) is 21.3 Å². The topological polar surface area (TPSA) is 9.23 Å². The number of halogens is 10. The summed E-state index contributed by atoms with van der Waals surface area (Å²) in [5.41, 5.74) is 0. The van der Waals surface area contributed by atoms with Crippen LogP contribution in [-0.2, 0) is 0 Å². The van der Waals surface area contributed by atoms with Crippen molar-refractivity contribution in [3.05, 3.63) is 82.4 Å². The van der Waals surface area contributed by atoms with Gasteiger partial charge in [0.15, 0.2) is 23.3 Å². The Labute approximate surface area is 171 Å². The van der Waals surface area contributed by atoms with Crippen LogP contribution >= 0.6 is 0 Å². The molecule has 162 valence electrons. The highest BCUT2D eigenvalue weighted by Crippen LogP contribution is 2.20. The predicted molar refractivity (Wildman–Crippen MR) is 90.1 cm³/mol. The summed E-state index contributed by atoms with van der Waals surface area (Å²) in [6.07, 6.45) is 0. The first kappa shape index (κ1) is 23.0. The van der Waals surface area contributed by atoms with Gasteiger partial charge in [-0.05, 0) is 13.3 Å². The fraction of sp³-hybridized carbons (Fsp3) is 0.0526. The summed E-state index contributed by atoms with van der Waals surface area (Å²) in [6, 6.07) is 0.137. The monoisotopic (exact) mass is 468 g/mol. The SMILES string of the molecule is COc1cc(F)cc(F)[c]1[Al]([c]1c(F)c(F)cc(F)c1F)[c]1c(F)c(F)cc(F)c1F. The zero-order chi connectivity index (χ0) is 23.2. The number of ether oxygens (including phenoxy) is 1. The van der Waals surface area contributed by atoms with Crippen LogP contribution in [0.5, 0.6) is 5.75 Å². The smallest absolute Gasteiger partial charge is 0.413 e. The minimum Gasteiger partial charge on any atom is -0.498 e. The standard InChI is InChI=1S/C7H5F2O.2C6HF4.Al/c1-10-7-3-5(8)2-6(9)4-7;2*7-3-1-4(8)6(10)2-5(3)9;/h2-3H,1H3;2*1H;. The Morgan fingerprint density at radius 3 is 1.26 bits per heavy atom. The Morgan fingerprint density at radius 1 is 0.516 bits per heavy atom. The summed E-state index contributed by atoms with van der Waals surface area (Å²) < 4.78 is 142. The molecule has 31 heavy (non-hydrogen) atoms. The molecule has 0 heterocycles. The van der Waals surface area contributed by atoms with Crippen molar-refractivity contribution in [1.82, 2.24) is 0 Å². The minimum absolute atomic E-state index is 0.134. The van der Waals surface area contributed by atoms with Crippen molar-refractivity contribution >= 4 is 27.4 Å². The van der Waals surface area contributed by atoms with Gasteiger partial charge in [0.05, 0.1) is 7.11 Å². The summed E-state index contributed by atoms with van der Waals surface area (Å²) >= 11 is -4.82. The molecule has 0 radical (unpaired) electrons. The van der Waals surface area contributed by atoms with Gasteiger partial charge in [-0.25, -0.2) is 43.9 Å². The van der Waals surface area contributed by atoms with Crippen molar-refractivity contribution in [2.75, 3.05) is 7.11 Å². The largest absolute Gasteiger partial charge is 0.498 e. The van der Waals surface area contributed by atoms with Gasteiger partial charge in [0.1, 0.15) is 40.7 Å². The summed E-state index contributed by atoms with van der Waals surface area (Å²) in [6.45, 7) is 0. The van der Waals surface area contributed by atoms with Gasteiger partial charge in [-0.3, -0.25) is 0 Å². The molecule has 0 fully saturated rings. The number of hydrogen-bond acceptors (Lipinski definition) is 1. The summed E-state index contributed by atoms with van der Waals surface area (Å²) in [4.78, 5) is 0. The molecule has 1 nitrogen and oxygen atoms in total. The molecule has 0 aliphatic carbocycles. The summed E-state index contributed by atoms with van der Waals surface area (Å²) in [5, 5.41) is 0.